The fourth-order valence-corrected chi connectivity index (χ4v) is 1.16. The van der Waals surface area contributed by atoms with E-state index in [0.717, 1.165) is 6.26 Å². The van der Waals surface area contributed by atoms with Gasteiger partial charge in [-0.15, -0.1) is 0 Å². The van der Waals surface area contributed by atoms with Crippen LogP contribution in [0.15, 0.2) is 24.3 Å². The van der Waals surface area contributed by atoms with Gasteiger partial charge in [-0.3, -0.25) is 0 Å². The van der Waals surface area contributed by atoms with E-state index in [9.17, 15) is 8.42 Å². The Balaban J connectivity index is 2.85. The molecule has 0 aromatic heterocycles. The third kappa shape index (κ3) is 2.79. The molecule has 0 amide bonds. The first kappa shape index (κ1) is 8.86. The molecule has 66 valence electrons. The normalized spacial score (nSPS) is 11.1. The highest BCUT2D eigenvalue weighted by molar-refractivity contribution is 7.86. The Kier molecular flexibility index (Phi) is 2.23. The molecule has 0 bridgehead atoms. The number of hydrogen-bond acceptors (Lipinski definition) is 4. The van der Waals surface area contributed by atoms with Gasteiger partial charge in [0.2, 0.25) is 0 Å². The summed E-state index contributed by atoms with van der Waals surface area (Å²) < 4.78 is 25.8. The quantitative estimate of drug-likeness (QED) is 0.544. The minimum Gasteiger partial charge on any atom is -0.399 e. The highest BCUT2D eigenvalue weighted by Gasteiger charge is 2.02. The molecule has 1 rings (SSSR count). The maximum Gasteiger partial charge on any atom is 0.306 e. The van der Waals surface area contributed by atoms with Crippen LogP contribution >= 0.6 is 0 Å². The number of benzene rings is 1. The second kappa shape index (κ2) is 3.02. The van der Waals surface area contributed by atoms with Crippen molar-refractivity contribution in [2.24, 2.45) is 0 Å². The van der Waals surface area contributed by atoms with Crippen molar-refractivity contribution in [3.63, 3.8) is 0 Å². The average Bonchev–Trinajstić information content (AvgIpc) is 1.91. The Morgan fingerprint density at radius 3 is 2.17 bits per heavy atom. The summed E-state index contributed by atoms with van der Waals surface area (Å²) in [4.78, 5) is 0. The van der Waals surface area contributed by atoms with Crippen LogP contribution in [0.4, 0.5) is 5.69 Å². The van der Waals surface area contributed by atoms with E-state index in [4.69, 9.17) is 5.73 Å². The smallest absolute Gasteiger partial charge is 0.306 e. The minimum absolute atomic E-state index is 0.270. The second-order valence-corrected chi connectivity index (χ2v) is 3.93. The van der Waals surface area contributed by atoms with Crippen LogP contribution in [-0.2, 0) is 10.1 Å². The lowest BCUT2D eigenvalue weighted by Gasteiger charge is -2.01. The lowest BCUT2D eigenvalue weighted by Crippen LogP contribution is -2.05. The van der Waals surface area contributed by atoms with Crippen LogP contribution in [0.3, 0.4) is 0 Å². The summed E-state index contributed by atoms with van der Waals surface area (Å²) in [5.74, 6) is 0.270. The Labute approximate surface area is 71.1 Å². The van der Waals surface area contributed by atoms with Crippen molar-refractivity contribution in [1.29, 1.82) is 0 Å². The Morgan fingerprint density at radius 1 is 1.25 bits per heavy atom. The summed E-state index contributed by atoms with van der Waals surface area (Å²) in [6, 6.07) is 6.13. The maximum atomic E-state index is 10.6. The lowest BCUT2D eigenvalue weighted by atomic mass is 10.3. The van der Waals surface area contributed by atoms with Gasteiger partial charge in [0.1, 0.15) is 5.75 Å². The largest absolute Gasteiger partial charge is 0.399 e. The molecule has 0 aliphatic heterocycles. The van der Waals surface area contributed by atoms with Crippen molar-refractivity contribution in [2.75, 3.05) is 12.0 Å². The maximum absolute atomic E-state index is 10.6. The molecule has 0 saturated carbocycles. The zero-order valence-electron chi connectivity index (χ0n) is 6.52. The lowest BCUT2D eigenvalue weighted by molar-refractivity contribution is 0.493. The van der Waals surface area contributed by atoms with Crippen molar-refractivity contribution in [3.05, 3.63) is 24.3 Å². The van der Waals surface area contributed by atoms with E-state index in [1.807, 2.05) is 0 Å². The number of nitrogen functional groups attached to an aromatic ring is 1. The molecule has 0 fully saturated rings. The molecular weight excluding hydrogens is 178 g/mol. The first-order valence-electron chi connectivity index (χ1n) is 3.22. The molecule has 5 heteroatoms. The fraction of sp³-hybridized carbons (Fsp3) is 0.143. The highest BCUT2D eigenvalue weighted by Crippen LogP contribution is 2.14. The van der Waals surface area contributed by atoms with Gasteiger partial charge >= 0.3 is 10.1 Å². The molecule has 2 N–H and O–H groups in total. The fourth-order valence-electron chi connectivity index (χ4n) is 0.698. The number of hydrogen-bond donors (Lipinski definition) is 1. The first-order valence-corrected chi connectivity index (χ1v) is 5.04. The molecular formula is C7H9NO3S. The van der Waals surface area contributed by atoms with Crippen LogP contribution in [-0.4, -0.2) is 14.7 Å². The van der Waals surface area contributed by atoms with Gasteiger partial charge in [-0.05, 0) is 24.3 Å². The van der Waals surface area contributed by atoms with Gasteiger partial charge in [0.05, 0.1) is 6.26 Å². The standard InChI is InChI=1S/C7H9NO3S/c1-12(9,10)11-7-4-2-6(8)3-5-7/h2-5H,8H2,1H3. The predicted molar refractivity (Wildman–Crippen MR) is 46.3 cm³/mol. The van der Waals surface area contributed by atoms with Crippen LogP contribution in [0.25, 0.3) is 0 Å². The van der Waals surface area contributed by atoms with Crippen molar-refractivity contribution in [1.82, 2.24) is 0 Å². The molecule has 0 saturated heterocycles. The summed E-state index contributed by atoms with van der Waals surface area (Å²) in [7, 11) is -3.43. The van der Waals surface area contributed by atoms with Crippen molar-refractivity contribution >= 4 is 15.8 Å². The Hall–Kier alpha value is -1.23. The number of rotatable bonds is 2. The summed E-state index contributed by atoms with van der Waals surface area (Å²) >= 11 is 0. The third-order valence-corrected chi connectivity index (χ3v) is 1.62. The van der Waals surface area contributed by atoms with Gasteiger partial charge in [0.15, 0.2) is 0 Å². The van der Waals surface area contributed by atoms with E-state index >= 15 is 0 Å². The van der Waals surface area contributed by atoms with E-state index in [2.05, 4.69) is 4.18 Å². The van der Waals surface area contributed by atoms with E-state index in [1.165, 1.54) is 12.1 Å². The summed E-state index contributed by atoms with van der Waals surface area (Å²) in [5, 5.41) is 0. The van der Waals surface area contributed by atoms with Crippen LogP contribution in [0.2, 0.25) is 0 Å². The average molecular weight is 187 g/mol. The zero-order chi connectivity index (χ0) is 9.19. The van der Waals surface area contributed by atoms with Crippen LogP contribution in [0.1, 0.15) is 0 Å². The second-order valence-electron chi connectivity index (χ2n) is 2.36. The SMILES string of the molecule is CS(=O)(=O)Oc1ccc(N)cc1. The molecule has 4 nitrogen and oxygen atoms in total. The molecule has 0 aliphatic rings. The first-order chi connectivity index (χ1) is 5.47. The van der Waals surface area contributed by atoms with E-state index in [-0.39, 0.29) is 5.75 Å². The molecule has 0 radical (unpaired) electrons. The topological polar surface area (TPSA) is 69.4 Å². The molecule has 0 unspecified atom stereocenters. The molecule has 0 aliphatic carbocycles. The summed E-state index contributed by atoms with van der Waals surface area (Å²) in [6.07, 6.45) is 0.989. The van der Waals surface area contributed by atoms with Gasteiger partial charge in [-0.2, -0.15) is 8.42 Å². The molecule has 1 aromatic rings. The molecule has 0 spiro atoms. The monoisotopic (exact) mass is 187 g/mol. The third-order valence-electron chi connectivity index (χ3n) is 1.13. The molecule has 12 heavy (non-hydrogen) atoms. The van der Waals surface area contributed by atoms with E-state index < -0.39 is 10.1 Å². The predicted octanol–water partition coefficient (Wildman–Crippen LogP) is 0.607. The van der Waals surface area contributed by atoms with Crippen LogP contribution < -0.4 is 9.92 Å². The molecule has 0 heterocycles. The van der Waals surface area contributed by atoms with Gasteiger partial charge in [0.25, 0.3) is 0 Å². The van der Waals surface area contributed by atoms with E-state index in [1.54, 1.807) is 12.1 Å². The molecule has 0 atom stereocenters. The Bertz CT molecular complexity index is 355. The number of anilines is 1. The zero-order valence-corrected chi connectivity index (χ0v) is 7.34. The highest BCUT2D eigenvalue weighted by atomic mass is 32.2. The Morgan fingerprint density at radius 2 is 1.75 bits per heavy atom. The van der Waals surface area contributed by atoms with E-state index in [0.29, 0.717) is 5.69 Å². The molecule has 1 aromatic carbocycles. The van der Waals surface area contributed by atoms with Gasteiger partial charge in [0, 0.05) is 5.69 Å². The van der Waals surface area contributed by atoms with Crippen LogP contribution in [0, 0.1) is 0 Å². The summed E-state index contributed by atoms with van der Waals surface area (Å²) in [6.45, 7) is 0. The van der Waals surface area contributed by atoms with Crippen molar-refractivity contribution in [2.45, 2.75) is 0 Å². The van der Waals surface area contributed by atoms with Crippen molar-refractivity contribution < 1.29 is 12.6 Å². The van der Waals surface area contributed by atoms with Gasteiger partial charge in [-0.25, -0.2) is 0 Å². The summed E-state index contributed by atoms with van der Waals surface area (Å²) in [5.41, 5.74) is 5.95. The van der Waals surface area contributed by atoms with Crippen molar-refractivity contribution in [3.8, 4) is 5.75 Å². The van der Waals surface area contributed by atoms with Gasteiger partial charge in [-0.1, -0.05) is 0 Å². The minimum atomic E-state index is -3.43. The van der Waals surface area contributed by atoms with Crippen LogP contribution in [0.5, 0.6) is 5.75 Å². The van der Waals surface area contributed by atoms with Gasteiger partial charge < -0.3 is 9.92 Å². The number of nitrogens with two attached hydrogens (primary N) is 1.